The van der Waals surface area contributed by atoms with E-state index in [9.17, 15) is 0 Å². The van der Waals surface area contributed by atoms with Gasteiger partial charge in [-0.1, -0.05) is 158 Å². The molecule has 0 aliphatic rings. The summed E-state index contributed by atoms with van der Waals surface area (Å²) >= 11 is 0. The number of hydrogen-bond acceptors (Lipinski definition) is 2. The number of benzene rings is 9. The smallest absolute Gasteiger partial charge is 0.161 e. The lowest BCUT2D eigenvalue weighted by Crippen LogP contribution is -2.06. The second kappa shape index (κ2) is 14.1. The van der Waals surface area contributed by atoms with Gasteiger partial charge in [0.05, 0.1) is 6.54 Å². The van der Waals surface area contributed by atoms with E-state index in [0.717, 1.165) is 60.9 Å². The number of aliphatic imine (C=N–C) groups is 3. The van der Waals surface area contributed by atoms with Crippen LogP contribution in [0.2, 0.25) is 0 Å². The van der Waals surface area contributed by atoms with Crippen LogP contribution in [-0.4, -0.2) is 18.4 Å². The molecule has 0 spiro atoms. The van der Waals surface area contributed by atoms with Gasteiger partial charge in [0.1, 0.15) is 11.2 Å². The summed E-state index contributed by atoms with van der Waals surface area (Å²) in [5.74, 6) is 1.06. The average molecular weight is 718 g/mol. The third-order valence-corrected chi connectivity index (χ3v) is 10.6. The minimum Gasteiger partial charge on any atom is -0.456 e. The molecule has 10 aromatic rings. The molecule has 1 heterocycles. The predicted molar refractivity (Wildman–Crippen MR) is 236 cm³/mol. The van der Waals surface area contributed by atoms with Gasteiger partial charge in [-0.15, -0.1) is 0 Å². The Morgan fingerprint density at radius 1 is 0.429 bits per heavy atom. The summed E-state index contributed by atoms with van der Waals surface area (Å²) < 4.78 is 6.54. The zero-order chi connectivity index (χ0) is 37.4. The van der Waals surface area contributed by atoms with E-state index in [1.807, 2.05) is 66.7 Å². The van der Waals surface area contributed by atoms with Gasteiger partial charge in [-0.3, -0.25) is 4.99 Å². The molecule has 0 aliphatic carbocycles. The lowest BCUT2D eigenvalue weighted by molar-refractivity contribution is 0.669. The monoisotopic (exact) mass is 717 g/mol. The molecule has 4 heteroatoms. The fourth-order valence-electron chi connectivity index (χ4n) is 7.97. The minimum atomic E-state index is 0.476. The molecule has 0 saturated carbocycles. The predicted octanol–water partition coefficient (Wildman–Crippen LogP) is 13.5. The summed E-state index contributed by atoms with van der Waals surface area (Å²) in [4.78, 5) is 14.7. The normalized spacial score (nSPS) is 12.3. The van der Waals surface area contributed by atoms with Crippen molar-refractivity contribution in [1.29, 1.82) is 0 Å². The number of fused-ring (bicyclic) bond motifs is 9. The van der Waals surface area contributed by atoms with E-state index in [1.165, 1.54) is 32.3 Å². The van der Waals surface area contributed by atoms with E-state index in [2.05, 4.69) is 133 Å². The van der Waals surface area contributed by atoms with Gasteiger partial charge in [-0.25, -0.2) is 9.98 Å². The molecule has 0 N–H and O–H groups in total. The quantitative estimate of drug-likeness (QED) is 0.0960. The number of nitrogens with zero attached hydrogens (tertiary/aromatic N) is 3. The zero-order valence-electron chi connectivity index (χ0n) is 30.6. The van der Waals surface area contributed by atoms with Gasteiger partial charge >= 0.3 is 0 Å². The first-order valence-electron chi connectivity index (χ1n) is 18.8. The van der Waals surface area contributed by atoms with Crippen LogP contribution < -0.4 is 0 Å². The van der Waals surface area contributed by atoms with Gasteiger partial charge in [0, 0.05) is 21.9 Å². The summed E-state index contributed by atoms with van der Waals surface area (Å²) in [5, 5.41) is 9.49. The summed E-state index contributed by atoms with van der Waals surface area (Å²) in [6.45, 7) is 4.51. The summed E-state index contributed by atoms with van der Waals surface area (Å²) in [7, 11) is 0. The van der Waals surface area contributed by atoms with E-state index in [-0.39, 0.29) is 0 Å². The number of para-hydroxylation sites is 1. The Morgan fingerprint density at radius 2 is 1.00 bits per heavy atom. The Labute approximate surface area is 324 Å². The largest absolute Gasteiger partial charge is 0.456 e. The molecule has 0 bridgehead atoms. The molecule has 0 unspecified atom stereocenters. The van der Waals surface area contributed by atoms with Crippen molar-refractivity contribution in [1.82, 2.24) is 0 Å². The van der Waals surface area contributed by atoms with Gasteiger partial charge in [0.25, 0.3) is 0 Å². The first-order valence-corrected chi connectivity index (χ1v) is 18.8. The van der Waals surface area contributed by atoms with Crippen LogP contribution in [0.4, 0.5) is 0 Å². The number of furan rings is 1. The Hall–Kier alpha value is -7.43. The molecular weight excluding hydrogens is 683 g/mol. The zero-order valence-corrected chi connectivity index (χ0v) is 30.6. The Balaban J connectivity index is 1.13. The topological polar surface area (TPSA) is 50.2 Å². The first-order chi connectivity index (χ1) is 27.7. The van der Waals surface area contributed by atoms with Gasteiger partial charge in [0.2, 0.25) is 0 Å². The number of amidine groups is 2. The standard InChI is InChI=1S/C52H35N3O/c1-53-52(55-51(35-17-6-3-7-18-35)54-33-34-15-4-2-5-16-34)47-31-39(32-49-50(47)45-25-12-13-26-48(45)56-49)37-20-14-19-36(29-37)38-27-28-44-42-23-9-8-21-40(42)41-22-10-11-24-43(41)46(44)30-38/h2-32H,1,33H2. The maximum Gasteiger partial charge on any atom is 0.161 e. The molecule has 0 atom stereocenters. The van der Waals surface area contributed by atoms with Crippen LogP contribution in [0.5, 0.6) is 0 Å². The highest BCUT2D eigenvalue weighted by molar-refractivity contribution is 6.26. The van der Waals surface area contributed by atoms with Gasteiger partial charge in [-0.2, -0.15) is 0 Å². The van der Waals surface area contributed by atoms with E-state index >= 15 is 0 Å². The maximum absolute atomic E-state index is 6.54. The number of rotatable bonds is 6. The molecule has 0 saturated heterocycles. The fraction of sp³-hybridized carbons (Fsp3) is 0.0192. The van der Waals surface area contributed by atoms with Crippen molar-refractivity contribution in [2.24, 2.45) is 15.0 Å². The fourth-order valence-corrected chi connectivity index (χ4v) is 7.97. The van der Waals surface area contributed by atoms with Crippen LogP contribution in [0.25, 0.3) is 76.5 Å². The van der Waals surface area contributed by atoms with Crippen LogP contribution in [0.3, 0.4) is 0 Å². The summed E-state index contributed by atoms with van der Waals surface area (Å²) in [6, 6.07) is 65.6. The van der Waals surface area contributed by atoms with Crippen molar-refractivity contribution in [3.05, 3.63) is 205 Å². The average Bonchev–Trinajstić information content (AvgIpc) is 3.66. The Kier molecular flexibility index (Phi) is 8.34. The van der Waals surface area contributed by atoms with Crippen LogP contribution in [0.15, 0.2) is 207 Å². The SMILES string of the molecule is C=NC(=NC(=NCc1ccccc1)c1ccccc1)c1cc(-c2cccc(-c3ccc4c5ccccc5c5ccccc5c4c3)c2)cc2oc3ccccc3c12. The lowest BCUT2D eigenvalue weighted by Gasteiger charge is -2.13. The molecule has 264 valence electrons. The summed E-state index contributed by atoms with van der Waals surface area (Å²) in [6.07, 6.45) is 0. The molecule has 0 fully saturated rings. The van der Waals surface area contributed by atoms with Crippen molar-refractivity contribution in [2.45, 2.75) is 6.54 Å². The molecule has 0 radical (unpaired) electrons. The van der Waals surface area contributed by atoms with Crippen LogP contribution in [-0.2, 0) is 6.54 Å². The van der Waals surface area contributed by atoms with Crippen LogP contribution in [0.1, 0.15) is 16.7 Å². The van der Waals surface area contributed by atoms with Crippen molar-refractivity contribution in [2.75, 3.05) is 0 Å². The number of hydrogen-bond donors (Lipinski definition) is 0. The van der Waals surface area contributed by atoms with Gasteiger partial charge in [-0.05, 0) is 97.2 Å². The van der Waals surface area contributed by atoms with Gasteiger partial charge in [0.15, 0.2) is 11.7 Å². The van der Waals surface area contributed by atoms with E-state index < -0.39 is 0 Å². The van der Waals surface area contributed by atoms with E-state index in [0.29, 0.717) is 18.2 Å². The van der Waals surface area contributed by atoms with E-state index in [1.54, 1.807) is 0 Å². The molecule has 0 amide bonds. The highest BCUT2D eigenvalue weighted by Crippen LogP contribution is 2.39. The van der Waals surface area contributed by atoms with Crippen molar-refractivity contribution >= 4 is 72.6 Å². The molecule has 0 aliphatic heterocycles. The highest BCUT2D eigenvalue weighted by atomic mass is 16.3. The van der Waals surface area contributed by atoms with Crippen LogP contribution in [0, 0.1) is 0 Å². The molecule has 1 aromatic heterocycles. The Morgan fingerprint density at radius 3 is 1.70 bits per heavy atom. The van der Waals surface area contributed by atoms with Crippen molar-refractivity contribution in [3.8, 4) is 22.3 Å². The third kappa shape index (κ3) is 5.94. The molecule has 10 rings (SSSR count). The highest BCUT2D eigenvalue weighted by Gasteiger charge is 2.19. The third-order valence-electron chi connectivity index (χ3n) is 10.6. The molecule has 56 heavy (non-hydrogen) atoms. The van der Waals surface area contributed by atoms with Gasteiger partial charge < -0.3 is 4.42 Å². The Bertz CT molecular complexity index is 3140. The maximum atomic E-state index is 6.54. The molecule has 4 nitrogen and oxygen atoms in total. The molecular formula is C52H35N3O. The first kappa shape index (κ1) is 33.2. The van der Waals surface area contributed by atoms with Crippen LogP contribution >= 0.6 is 0 Å². The van der Waals surface area contributed by atoms with Crippen molar-refractivity contribution < 1.29 is 4.42 Å². The second-order valence-electron chi connectivity index (χ2n) is 14.0. The lowest BCUT2D eigenvalue weighted by atomic mass is 9.91. The van der Waals surface area contributed by atoms with E-state index in [4.69, 9.17) is 14.4 Å². The van der Waals surface area contributed by atoms with Crippen molar-refractivity contribution in [3.63, 3.8) is 0 Å². The minimum absolute atomic E-state index is 0.476. The molecule has 9 aromatic carbocycles. The summed E-state index contributed by atoms with van der Waals surface area (Å²) in [5.41, 5.74) is 8.71. The second-order valence-corrected chi connectivity index (χ2v) is 14.0.